The fourth-order valence-electron chi connectivity index (χ4n) is 4.18. The van der Waals surface area contributed by atoms with E-state index >= 15 is 0 Å². The van der Waals surface area contributed by atoms with E-state index in [0.29, 0.717) is 24.5 Å². The fraction of sp³-hybridized carbons (Fsp3) is 0.207. The number of hydrogen-bond donors (Lipinski definition) is 1. The molecule has 1 N–H and O–H groups in total. The number of rotatable bonds is 8. The third-order valence-electron chi connectivity index (χ3n) is 5.97. The number of fused-ring (bicyclic) bond motifs is 1. The van der Waals surface area contributed by atoms with E-state index in [-0.39, 0.29) is 18.2 Å². The van der Waals surface area contributed by atoms with Crippen LogP contribution in [-0.4, -0.2) is 15.6 Å². The summed E-state index contributed by atoms with van der Waals surface area (Å²) >= 11 is 0. The summed E-state index contributed by atoms with van der Waals surface area (Å²) in [5, 5.41) is 10.2. The minimum absolute atomic E-state index is 0.0349. The van der Waals surface area contributed by atoms with Gasteiger partial charge in [0.25, 0.3) is 0 Å². The van der Waals surface area contributed by atoms with Crippen LogP contribution in [0.15, 0.2) is 72.9 Å². The van der Waals surface area contributed by atoms with Gasteiger partial charge in [-0.3, -0.25) is 4.79 Å². The van der Waals surface area contributed by atoms with Gasteiger partial charge in [-0.2, -0.15) is 0 Å². The molecule has 0 amide bonds. The van der Waals surface area contributed by atoms with Gasteiger partial charge >= 0.3 is 5.97 Å². The molecule has 0 radical (unpaired) electrons. The highest BCUT2D eigenvalue weighted by atomic mass is 19.1. The summed E-state index contributed by atoms with van der Waals surface area (Å²) in [6, 6.07) is 20.4. The van der Waals surface area contributed by atoms with Crippen molar-refractivity contribution in [1.82, 2.24) is 4.57 Å². The molecule has 1 aromatic heterocycles. The van der Waals surface area contributed by atoms with Crippen molar-refractivity contribution in [3.63, 3.8) is 0 Å². The molecule has 0 aliphatic heterocycles. The Balaban J connectivity index is 1.51. The second-order valence-corrected chi connectivity index (χ2v) is 8.23. The number of nitrogens with zero attached hydrogens (tertiary/aromatic N) is 1. The number of aryl methyl sites for hydroxylation is 1. The predicted octanol–water partition coefficient (Wildman–Crippen LogP) is 6.30. The van der Waals surface area contributed by atoms with Gasteiger partial charge in [-0.1, -0.05) is 48.4 Å². The highest BCUT2D eigenvalue weighted by molar-refractivity contribution is 5.84. The van der Waals surface area contributed by atoms with E-state index in [1.165, 1.54) is 6.07 Å². The Morgan fingerprint density at radius 1 is 1.06 bits per heavy atom. The van der Waals surface area contributed by atoms with Crippen molar-refractivity contribution in [1.29, 1.82) is 0 Å². The first kappa shape index (κ1) is 23.1. The Kier molecular flexibility index (Phi) is 6.98. The van der Waals surface area contributed by atoms with Crippen LogP contribution in [0.2, 0.25) is 0 Å². The highest BCUT2D eigenvalue weighted by Crippen LogP contribution is 2.27. The van der Waals surface area contributed by atoms with Crippen LogP contribution >= 0.6 is 0 Å². The summed E-state index contributed by atoms with van der Waals surface area (Å²) in [4.78, 5) is 11.1. The van der Waals surface area contributed by atoms with E-state index < -0.39 is 5.97 Å². The molecule has 0 aliphatic carbocycles. The van der Waals surface area contributed by atoms with Gasteiger partial charge in [0.1, 0.15) is 18.2 Å². The van der Waals surface area contributed by atoms with Crippen molar-refractivity contribution in [3.05, 3.63) is 101 Å². The van der Waals surface area contributed by atoms with E-state index in [0.717, 1.165) is 27.6 Å². The molecule has 1 heterocycles. The Morgan fingerprint density at radius 2 is 1.82 bits per heavy atom. The first-order valence-corrected chi connectivity index (χ1v) is 11.1. The summed E-state index contributed by atoms with van der Waals surface area (Å²) < 4.78 is 22.3. The molecule has 0 unspecified atom stereocenters. The maximum Gasteiger partial charge on any atom is 0.304 e. The lowest BCUT2D eigenvalue weighted by Crippen LogP contribution is -2.05. The smallest absolute Gasteiger partial charge is 0.304 e. The number of carbonyl (C=O) groups is 1. The number of aliphatic carboxylic acids is 1. The summed E-state index contributed by atoms with van der Waals surface area (Å²) in [5.41, 5.74) is 4.71. The van der Waals surface area contributed by atoms with E-state index in [1.807, 2.05) is 42.6 Å². The van der Waals surface area contributed by atoms with Crippen molar-refractivity contribution >= 4 is 16.9 Å². The van der Waals surface area contributed by atoms with E-state index in [4.69, 9.17) is 9.84 Å². The number of aromatic nitrogens is 1. The molecule has 3 aromatic carbocycles. The lowest BCUT2D eigenvalue weighted by Gasteiger charge is -2.14. The van der Waals surface area contributed by atoms with Gasteiger partial charge in [0.2, 0.25) is 0 Å². The number of halogens is 1. The van der Waals surface area contributed by atoms with Gasteiger partial charge in [-0.05, 0) is 60.2 Å². The first-order valence-electron chi connectivity index (χ1n) is 11.1. The molecule has 0 fully saturated rings. The maximum atomic E-state index is 14.2. The minimum Gasteiger partial charge on any atom is -0.489 e. The molecule has 0 spiro atoms. The second-order valence-electron chi connectivity index (χ2n) is 8.23. The van der Waals surface area contributed by atoms with Crippen molar-refractivity contribution < 1.29 is 19.0 Å². The maximum absolute atomic E-state index is 14.2. The topological polar surface area (TPSA) is 51.5 Å². The molecule has 4 rings (SSSR count). The van der Waals surface area contributed by atoms with Gasteiger partial charge < -0.3 is 14.4 Å². The molecule has 4 nitrogen and oxygen atoms in total. The van der Waals surface area contributed by atoms with E-state index in [2.05, 4.69) is 35.5 Å². The summed E-state index contributed by atoms with van der Waals surface area (Å²) in [6.45, 7) is 4.61. The lowest BCUT2D eigenvalue weighted by atomic mass is 9.96. The molecule has 0 aliphatic rings. The normalized spacial score (nSPS) is 11.6. The SMILES string of the molecule is CC#C[C@@H](CC(=O)O)c1ccc(OCc2ccc3ccn(Cc4ccccc4F)c3c2C)cc1. The van der Waals surface area contributed by atoms with Crippen LogP contribution in [0.3, 0.4) is 0 Å². The van der Waals surface area contributed by atoms with Crippen LogP contribution in [0.25, 0.3) is 10.9 Å². The Hall–Kier alpha value is -4.04. The molecule has 0 bridgehead atoms. The van der Waals surface area contributed by atoms with Crippen LogP contribution in [0.1, 0.15) is 41.5 Å². The summed E-state index contributed by atoms with van der Waals surface area (Å²) in [5.74, 6) is 5.03. The van der Waals surface area contributed by atoms with Crippen LogP contribution in [0.4, 0.5) is 4.39 Å². The van der Waals surface area contributed by atoms with Crippen LogP contribution in [0.5, 0.6) is 5.75 Å². The fourth-order valence-corrected chi connectivity index (χ4v) is 4.18. The zero-order valence-corrected chi connectivity index (χ0v) is 19.2. The van der Waals surface area contributed by atoms with E-state index in [1.54, 1.807) is 19.1 Å². The van der Waals surface area contributed by atoms with Crippen molar-refractivity contribution in [3.8, 4) is 17.6 Å². The van der Waals surface area contributed by atoms with Crippen LogP contribution in [0, 0.1) is 24.6 Å². The Morgan fingerprint density at radius 3 is 2.53 bits per heavy atom. The number of carboxylic acids is 1. The number of carboxylic acid groups (broad SMARTS) is 1. The zero-order chi connectivity index (χ0) is 24.1. The Bertz CT molecular complexity index is 1380. The van der Waals surface area contributed by atoms with Crippen molar-refractivity contribution in [2.45, 2.75) is 39.3 Å². The van der Waals surface area contributed by atoms with Gasteiger partial charge in [-0.25, -0.2) is 4.39 Å². The molecule has 1 atom stereocenters. The lowest BCUT2D eigenvalue weighted by molar-refractivity contribution is -0.137. The zero-order valence-electron chi connectivity index (χ0n) is 19.2. The molecule has 172 valence electrons. The van der Waals surface area contributed by atoms with Crippen LogP contribution in [-0.2, 0) is 17.9 Å². The molecular weight excluding hydrogens is 429 g/mol. The Labute approximate surface area is 198 Å². The van der Waals surface area contributed by atoms with Gasteiger partial charge in [0.15, 0.2) is 0 Å². The third-order valence-corrected chi connectivity index (χ3v) is 5.97. The average molecular weight is 456 g/mol. The number of benzene rings is 3. The molecule has 5 heteroatoms. The molecule has 34 heavy (non-hydrogen) atoms. The van der Waals surface area contributed by atoms with Gasteiger partial charge in [-0.15, -0.1) is 5.92 Å². The standard InChI is InChI=1S/C29H26FNO3/c1-3-6-23(17-28(32)33)21-11-13-26(14-12-21)34-19-25-10-9-22-15-16-31(29(22)20(25)2)18-24-7-4-5-8-27(24)30/h4-5,7-16,23H,17-19H2,1-2H3,(H,32,33)/t23-/m0/s1. The molecule has 4 aromatic rings. The monoisotopic (exact) mass is 455 g/mol. The number of hydrogen-bond acceptors (Lipinski definition) is 2. The van der Waals surface area contributed by atoms with Crippen LogP contribution < -0.4 is 4.74 Å². The number of ether oxygens (including phenoxy) is 1. The van der Waals surface area contributed by atoms with E-state index in [9.17, 15) is 9.18 Å². The molecule has 0 saturated carbocycles. The third kappa shape index (κ3) is 5.13. The minimum atomic E-state index is -0.876. The largest absolute Gasteiger partial charge is 0.489 e. The second kappa shape index (κ2) is 10.3. The molecular formula is C29H26FNO3. The summed E-state index contributed by atoms with van der Waals surface area (Å²) in [6.07, 6.45) is 1.95. The van der Waals surface area contributed by atoms with Crippen molar-refractivity contribution in [2.75, 3.05) is 0 Å². The van der Waals surface area contributed by atoms with Gasteiger partial charge in [0.05, 0.1) is 24.4 Å². The van der Waals surface area contributed by atoms with Crippen molar-refractivity contribution in [2.24, 2.45) is 0 Å². The van der Waals surface area contributed by atoms with Gasteiger partial charge in [0, 0.05) is 11.8 Å². The first-order chi connectivity index (χ1) is 16.5. The summed E-state index contributed by atoms with van der Waals surface area (Å²) in [7, 11) is 0. The highest BCUT2D eigenvalue weighted by Gasteiger charge is 2.14. The average Bonchev–Trinajstić information content (AvgIpc) is 3.23. The predicted molar refractivity (Wildman–Crippen MR) is 131 cm³/mol. The molecule has 0 saturated heterocycles. The quantitative estimate of drug-likeness (QED) is 0.317.